The molecule has 12 aromatic rings. The van der Waals surface area contributed by atoms with Gasteiger partial charge in [-0.05, 0) is 73.5 Å². The van der Waals surface area contributed by atoms with Crippen molar-refractivity contribution in [3.05, 3.63) is 140 Å². The lowest BCUT2D eigenvalue weighted by Gasteiger charge is -2.22. The van der Waals surface area contributed by atoms with Gasteiger partial charge in [0.05, 0.1) is 11.0 Å². The summed E-state index contributed by atoms with van der Waals surface area (Å²) in [5.74, 6) is 0.942. The van der Waals surface area contributed by atoms with E-state index in [0.29, 0.717) is 48.3 Å². The molecule has 0 aliphatic rings. The Morgan fingerprint density at radius 3 is 1.51 bits per heavy atom. The molecule has 0 bridgehead atoms. The van der Waals surface area contributed by atoms with Crippen LogP contribution < -0.4 is 49.2 Å². The number of nitrogens with zero attached hydrogens (tertiary/aromatic N) is 4. The van der Waals surface area contributed by atoms with Crippen LogP contribution in [-0.4, -0.2) is 90.1 Å². The lowest BCUT2D eigenvalue weighted by molar-refractivity contribution is 0.955. The van der Waals surface area contributed by atoms with Crippen molar-refractivity contribution in [1.82, 2.24) is 19.5 Å². The van der Waals surface area contributed by atoms with E-state index >= 15 is 0 Å². The highest BCUT2D eigenvalue weighted by Gasteiger charge is 2.27. The van der Waals surface area contributed by atoms with Gasteiger partial charge in [0.1, 0.15) is 70.6 Å². The molecule has 18 radical (unpaired) electrons. The zero-order chi connectivity index (χ0) is 46.0. The first-order chi connectivity index (χ1) is 32.5. The van der Waals surface area contributed by atoms with Crippen LogP contribution in [0.4, 0.5) is 0 Å². The number of thiophene rings is 1. The van der Waals surface area contributed by atoms with Crippen molar-refractivity contribution >= 4 is 195 Å². The quantitative estimate of drug-likeness (QED) is 0.250. The van der Waals surface area contributed by atoms with Gasteiger partial charge in [0.15, 0.2) is 11.6 Å². The summed E-state index contributed by atoms with van der Waals surface area (Å²) < 4.78 is 3.21. The van der Waals surface area contributed by atoms with E-state index in [1.54, 1.807) is 0 Å². The van der Waals surface area contributed by atoms with E-state index in [9.17, 15) is 0 Å². The minimum Gasteiger partial charge on any atom is -0.278 e. The van der Waals surface area contributed by atoms with E-state index in [4.69, 9.17) is 85.6 Å². The van der Waals surface area contributed by atoms with Gasteiger partial charge in [0, 0.05) is 36.7 Å². The lowest BCUT2D eigenvalue weighted by Crippen LogP contribution is -2.49. The van der Waals surface area contributed by atoms with Gasteiger partial charge in [-0.3, -0.25) is 4.57 Å². The molecule has 0 spiro atoms. The monoisotopic (exact) mass is 846 g/mol. The van der Waals surface area contributed by atoms with Gasteiger partial charge in [-0.1, -0.05) is 143 Å². The molecule has 0 unspecified atom stereocenters. The summed E-state index contributed by atoms with van der Waals surface area (Å²) in [5.41, 5.74) is 8.64. The fraction of sp³-hybridized carbons (Fsp3) is 0. The van der Waals surface area contributed by atoms with Gasteiger partial charge >= 0.3 is 0 Å². The fourth-order valence-electron chi connectivity index (χ4n) is 9.58. The maximum atomic E-state index is 7.37. The van der Waals surface area contributed by atoms with E-state index < -0.39 is 0 Å². The van der Waals surface area contributed by atoms with Crippen LogP contribution >= 0.6 is 11.3 Å². The predicted octanol–water partition coefficient (Wildman–Crippen LogP) is 3.46. The van der Waals surface area contributed by atoms with Crippen LogP contribution in [0.5, 0.6) is 0 Å². The molecule has 9 aromatic carbocycles. The summed E-state index contributed by atoms with van der Waals surface area (Å²) in [5, 5.41) is 6.36. The molecule has 0 aliphatic heterocycles. The lowest BCUT2D eigenvalue weighted by atomic mass is 9.62. The van der Waals surface area contributed by atoms with Crippen LogP contribution in [0, 0.1) is 0 Å². The minimum atomic E-state index is 0.0973. The van der Waals surface area contributed by atoms with Crippen LogP contribution in [0.3, 0.4) is 0 Å². The van der Waals surface area contributed by atoms with Gasteiger partial charge in [0.2, 0.25) is 5.95 Å². The van der Waals surface area contributed by atoms with Crippen LogP contribution in [0.2, 0.25) is 0 Å². The van der Waals surface area contributed by atoms with Crippen LogP contribution in [-0.2, 0) is 0 Å². The molecule has 0 aliphatic carbocycles. The number of para-hydroxylation sites is 2. The number of fused-ring (bicyclic) bond motifs is 9. The minimum absolute atomic E-state index is 0.0973. The van der Waals surface area contributed by atoms with E-state index in [2.05, 4.69) is 91.0 Å². The first-order valence-electron chi connectivity index (χ1n) is 21.4. The molecular weight excluding hydrogens is 822 g/mol. The smallest absolute Gasteiger partial charge is 0.238 e. The van der Waals surface area contributed by atoms with Crippen LogP contribution in [0.25, 0.3) is 115 Å². The van der Waals surface area contributed by atoms with Crippen molar-refractivity contribution in [3.63, 3.8) is 0 Å². The number of rotatable bonds is 5. The molecule has 0 N–H and O–H groups in total. The van der Waals surface area contributed by atoms with Crippen molar-refractivity contribution in [1.29, 1.82) is 0 Å². The van der Waals surface area contributed by atoms with Crippen molar-refractivity contribution in [2.45, 2.75) is 0 Å². The maximum Gasteiger partial charge on any atom is 0.238 e. The third kappa shape index (κ3) is 6.29. The summed E-state index contributed by atoms with van der Waals surface area (Å²) >= 11 is 1.31. The first kappa shape index (κ1) is 41.5. The molecule has 67 heavy (non-hydrogen) atoms. The fourth-order valence-corrected chi connectivity index (χ4v) is 10.9. The van der Waals surface area contributed by atoms with Crippen molar-refractivity contribution in [3.8, 4) is 51.0 Å². The van der Waals surface area contributed by atoms with E-state index in [-0.39, 0.29) is 55.0 Å². The molecule has 3 aromatic heterocycles. The van der Waals surface area contributed by atoms with Crippen molar-refractivity contribution in [2.75, 3.05) is 0 Å². The third-order valence-corrected chi connectivity index (χ3v) is 14.3. The molecule has 0 saturated carbocycles. The molecule has 12 rings (SSSR count). The average molecular weight is 845 g/mol. The zero-order valence-corrected chi connectivity index (χ0v) is 36.5. The summed E-state index contributed by atoms with van der Waals surface area (Å²) in [6, 6.07) is 47.8. The van der Waals surface area contributed by atoms with Gasteiger partial charge < -0.3 is 0 Å². The third-order valence-electron chi connectivity index (χ3n) is 13.0. The molecule has 3 heterocycles. The molecule has 288 valence electrons. The van der Waals surface area contributed by atoms with Crippen molar-refractivity contribution < 1.29 is 0 Å². The maximum absolute atomic E-state index is 7.37. The summed E-state index contributed by atoms with van der Waals surface area (Å²) in [7, 11) is 60.7. The van der Waals surface area contributed by atoms with Crippen molar-refractivity contribution in [2.24, 2.45) is 0 Å². The van der Waals surface area contributed by atoms with Crippen LogP contribution in [0.1, 0.15) is 0 Å². The van der Waals surface area contributed by atoms with Crippen LogP contribution in [0.15, 0.2) is 140 Å². The van der Waals surface area contributed by atoms with Gasteiger partial charge in [-0.25, -0.2) is 4.98 Å². The highest BCUT2D eigenvalue weighted by atomic mass is 32.1. The Hall–Kier alpha value is -6.89. The first-order valence-corrected chi connectivity index (χ1v) is 22.2. The van der Waals surface area contributed by atoms with Gasteiger partial charge in [-0.2, -0.15) is 9.97 Å². The Labute approximate surface area is 402 Å². The Bertz CT molecular complexity index is 4060. The number of hydrogen-bond donors (Lipinski definition) is 0. The molecule has 4 nitrogen and oxygen atoms in total. The molecule has 0 atom stereocenters. The molecule has 0 fully saturated rings. The van der Waals surface area contributed by atoms with E-state index in [1.165, 1.54) is 22.1 Å². The number of hydrogen-bond acceptors (Lipinski definition) is 4. The summed E-state index contributed by atoms with van der Waals surface area (Å²) in [6.07, 6.45) is 0. The molecule has 14 heteroatoms. The largest absolute Gasteiger partial charge is 0.278 e. The SMILES string of the molecule is [B]c1c([B])c([B])c2c(sc3c4c([B])c([B])c([B])c([B])c4c([B])c(-c4nc(-c5cccc(-c6ccc(-c7ccc8ccccc8c7)cc6)c5)nc(-n5c6ccccc6c6ccccc65)n4)c32)c1[B]. The summed E-state index contributed by atoms with van der Waals surface area (Å²) in [4.78, 5) is 15.8. The standard InChI is InChI=1S/C53H23B9N4S/c54-40-36-38(43(57)45(59)44(58)41(36)55)49-35(37-42(56)46(60)47(61)48(62)50(37)67-49)39(40)52-63-51(64-53(65-52)66-33-14-5-3-12-31(33)32-13-4-6-15-34(32)66)30-11-7-10-28(23-30)25-16-18-26(19-17-25)29-21-20-24-8-1-2-9-27(24)22-29/h1-23H. The topological polar surface area (TPSA) is 43.6 Å². The Kier molecular flexibility index (Phi) is 9.67. The van der Waals surface area contributed by atoms with E-state index in [0.717, 1.165) is 49.6 Å². The normalized spacial score (nSPS) is 11.8. The Morgan fingerprint density at radius 1 is 0.343 bits per heavy atom. The second-order valence-electron chi connectivity index (χ2n) is 16.7. The Balaban J connectivity index is 1.14. The predicted molar refractivity (Wildman–Crippen MR) is 292 cm³/mol. The molecular formula is C53H23B9N4S. The van der Waals surface area contributed by atoms with Gasteiger partial charge in [0.25, 0.3) is 0 Å². The second kappa shape index (κ2) is 15.6. The molecule has 0 saturated heterocycles. The molecule has 0 amide bonds. The zero-order valence-electron chi connectivity index (χ0n) is 35.7. The number of aromatic nitrogens is 4. The highest BCUT2D eigenvalue weighted by molar-refractivity contribution is 7.28. The summed E-state index contributed by atoms with van der Waals surface area (Å²) in [6.45, 7) is 0. The van der Waals surface area contributed by atoms with Gasteiger partial charge in [-0.15, -0.1) is 33.2 Å². The Morgan fingerprint density at radius 2 is 0.851 bits per heavy atom. The second-order valence-corrected chi connectivity index (χ2v) is 17.8. The number of benzene rings is 9. The highest BCUT2D eigenvalue weighted by Crippen LogP contribution is 2.41. The average Bonchev–Trinajstić information content (AvgIpc) is 3.92. The van der Waals surface area contributed by atoms with E-state index in [1.807, 2.05) is 53.1 Å².